The lowest BCUT2D eigenvalue weighted by molar-refractivity contribution is -0.135. The normalized spacial score (nSPS) is 18.1. The van der Waals surface area contributed by atoms with E-state index in [1.807, 2.05) is 36.3 Å². The zero-order chi connectivity index (χ0) is 18.0. The van der Waals surface area contributed by atoms with E-state index in [-0.39, 0.29) is 12.0 Å². The van der Waals surface area contributed by atoms with Gasteiger partial charge in [0, 0.05) is 43.6 Å². The highest BCUT2D eigenvalue weighted by molar-refractivity contribution is 5.76. The van der Waals surface area contributed by atoms with Crippen molar-refractivity contribution in [2.24, 2.45) is 0 Å². The molecule has 0 bridgehead atoms. The van der Waals surface area contributed by atoms with Crippen molar-refractivity contribution in [3.8, 4) is 0 Å². The van der Waals surface area contributed by atoms with Crippen LogP contribution >= 0.6 is 0 Å². The summed E-state index contributed by atoms with van der Waals surface area (Å²) in [6.45, 7) is 10.3. The topological polar surface area (TPSA) is 59.7 Å². The molecule has 1 aliphatic heterocycles. The number of piperidine rings is 1. The fourth-order valence-electron chi connectivity index (χ4n) is 3.73. The minimum absolute atomic E-state index is 0.191. The first-order valence-corrected chi connectivity index (χ1v) is 9.21. The summed E-state index contributed by atoms with van der Waals surface area (Å²) in [4.78, 5) is 19.2. The molecule has 3 heterocycles. The van der Waals surface area contributed by atoms with Crippen LogP contribution in [0.4, 0.5) is 0 Å². The quantitative estimate of drug-likeness (QED) is 0.836. The molecule has 1 fully saturated rings. The van der Waals surface area contributed by atoms with Gasteiger partial charge in [-0.15, -0.1) is 0 Å². The number of rotatable bonds is 5. The third kappa shape index (κ3) is 3.84. The summed E-state index contributed by atoms with van der Waals surface area (Å²) in [6.07, 6.45) is 3.47. The van der Waals surface area contributed by atoms with Gasteiger partial charge < -0.3 is 9.64 Å². The molecule has 6 heteroatoms. The van der Waals surface area contributed by atoms with Gasteiger partial charge in [0.1, 0.15) is 0 Å². The third-order valence-electron chi connectivity index (χ3n) is 5.01. The molecule has 6 nitrogen and oxygen atoms in total. The van der Waals surface area contributed by atoms with Crippen molar-refractivity contribution in [3.63, 3.8) is 0 Å². The van der Waals surface area contributed by atoms with E-state index in [0.29, 0.717) is 19.4 Å². The molecule has 0 spiro atoms. The number of amides is 1. The minimum Gasteiger partial charge on any atom is -0.377 e. The maximum atomic E-state index is 12.6. The Labute approximate surface area is 149 Å². The summed E-state index contributed by atoms with van der Waals surface area (Å²) >= 11 is 0. The smallest absolute Gasteiger partial charge is 0.222 e. The van der Waals surface area contributed by atoms with Gasteiger partial charge in [-0.3, -0.25) is 4.79 Å². The number of fused-ring (bicyclic) bond motifs is 1. The highest BCUT2D eigenvalue weighted by Gasteiger charge is 2.24. The van der Waals surface area contributed by atoms with Crippen molar-refractivity contribution < 1.29 is 9.53 Å². The zero-order valence-corrected chi connectivity index (χ0v) is 15.7. The molecule has 0 radical (unpaired) electrons. The summed E-state index contributed by atoms with van der Waals surface area (Å²) in [5, 5.41) is 4.50. The predicted octanol–water partition coefficient (Wildman–Crippen LogP) is 2.61. The summed E-state index contributed by atoms with van der Waals surface area (Å²) < 4.78 is 7.58. The lowest BCUT2D eigenvalue weighted by Gasteiger charge is -2.32. The molecular formula is C19H28N4O2. The van der Waals surface area contributed by atoms with E-state index >= 15 is 0 Å². The van der Waals surface area contributed by atoms with Gasteiger partial charge in [0.05, 0.1) is 11.8 Å². The van der Waals surface area contributed by atoms with Crippen molar-refractivity contribution in [3.05, 3.63) is 28.7 Å². The Morgan fingerprint density at radius 3 is 2.92 bits per heavy atom. The molecule has 1 saturated heterocycles. The molecule has 3 rings (SSSR count). The summed E-state index contributed by atoms with van der Waals surface area (Å²) in [6, 6.07) is 1.98. The standard InChI is InChI=1S/C19H28N4O2/c1-5-25-16-7-6-10-22(12-16)19(24)9-8-17-14(3)20-18-11-13(2)21-23(18)15(17)4/h11,16H,5-10,12H2,1-4H3/t16-/m0/s1. The number of likely N-dealkylation sites (tertiary alicyclic amines) is 1. The highest BCUT2D eigenvalue weighted by atomic mass is 16.5. The Balaban J connectivity index is 1.68. The van der Waals surface area contributed by atoms with Crippen LogP contribution in [0.25, 0.3) is 5.65 Å². The molecule has 1 aliphatic rings. The van der Waals surface area contributed by atoms with Crippen molar-refractivity contribution >= 4 is 11.6 Å². The highest BCUT2D eigenvalue weighted by Crippen LogP contribution is 2.19. The van der Waals surface area contributed by atoms with Crippen LogP contribution in [0.5, 0.6) is 0 Å². The maximum Gasteiger partial charge on any atom is 0.222 e. The van der Waals surface area contributed by atoms with Gasteiger partial charge in [-0.25, -0.2) is 9.50 Å². The van der Waals surface area contributed by atoms with Crippen molar-refractivity contribution in [2.45, 2.75) is 59.5 Å². The molecule has 1 amide bonds. The number of hydrogen-bond donors (Lipinski definition) is 0. The van der Waals surface area contributed by atoms with E-state index in [2.05, 4.69) is 17.0 Å². The Morgan fingerprint density at radius 1 is 1.36 bits per heavy atom. The second kappa shape index (κ2) is 7.52. The average molecular weight is 344 g/mol. The lowest BCUT2D eigenvalue weighted by Crippen LogP contribution is -2.43. The zero-order valence-electron chi connectivity index (χ0n) is 15.7. The monoisotopic (exact) mass is 344 g/mol. The van der Waals surface area contributed by atoms with Crippen LogP contribution in [0.1, 0.15) is 48.8 Å². The molecule has 0 aromatic carbocycles. The second-order valence-electron chi connectivity index (χ2n) is 6.88. The number of carbonyl (C=O) groups is 1. The van der Waals surface area contributed by atoms with E-state index in [9.17, 15) is 4.79 Å². The first-order chi connectivity index (χ1) is 12.0. The van der Waals surface area contributed by atoms with Gasteiger partial charge in [-0.2, -0.15) is 5.10 Å². The number of ether oxygens (including phenoxy) is 1. The first-order valence-electron chi connectivity index (χ1n) is 9.21. The van der Waals surface area contributed by atoms with Crippen molar-refractivity contribution in [2.75, 3.05) is 19.7 Å². The number of aromatic nitrogens is 3. The summed E-state index contributed by atoms with van der Waals surface area (Å²) in [5.41, 5.74) is 5.02. The Morgan fingerprint density at radius 2 is 2.16 bits per heavy atom. The molecule has 2 aromatic rings. The summed E-state index contributed by atoms with van der Waals surface area (Å²) in [5.74, 6) is 0.208. The van der Waals surface area contributed by atoms with Gasteiger partial charge >= 0.3 is 0 Å². The molecule has 1 atom stereocenters. The first kappa shape index (κ1) is 17.9. The Hall–Kier alpha value is -1.95. The van der Waals surface area contributed by atoms with Crippen LogP contribution in [0.3, 0.4) is 0 Å². The number of carbonyl (C=O) groups excluding carboxylic acids is 1. The maximum absolute atomic E-state index is 12.6. The van der Waals surface area contributed by atoms with E-state index < -0.39 is 0 Å². The Bertz CT molecular complexity index is 766. The molecule has 0 saturated carbocycles. The van der Waals surface area contributed by atoms with Gasteiger partial charge in [0.2, 0.25) is 5.91 Å². The van der Waals surface area contributed by atoms with E-state index in [4.69, 9.17) is 4.74 Å². The van der Waals surface area contributed by atoms with Gasteiger partial charge in [-0.1, -0.05) is 0 Å². The van der Waals surface area contributed by atoms with Crippen LogP contribution in [0.15, 0.2) is 6.07 Å². The molecule has 0 aliphatic carbocycles. The van der Waals surface area contributed by atoms with Crippen LogP contribution in [0, 0.1) is 20.8 Å². The van der Waals surface area contributed by atoms with E-state index in [1.165, 1.54) is 0 Å². The second-order valence-corrected chi connectivity index (χ2v) is 6.88. The average Bonchev–Trinajstić information content (AvgIpc) is 2.95. The fourth-order valence-corrected chi connectivity index (χ4v) is 3.73. The number of hydrogen-bond acceptors (Lipinski definition) is 4. The number of aryl methyl sites for hydroxylation is 3. The lowest BCUT2D eigenvalue weighted by atomic mass is 10.0. The van der Waals surface area contributed by atoms with Crippen LogP contribution in [-0.2, 0) is 16.0 Å². The predicted molar refractivity (Wildman–Crippen MR) is 96.7 cm³/mol. The van der Waals surface area contributed by atoms with Crippen molar-refractivity contribution in [1.29, 1.82) is 0 Å². The molecule has 25 heavy (non-hydrogen) atoms. The van der Waals surface area contributed by atoms with Gasteiger partial charge in [0.25, 0.3) is 0 Å². The van der Waals surface area contributed by atoms with Crippen LogP contribution in [0.2, 0.25) is 0 Å². The largest absolute Gasteiger partial charge is 0.377 e. The molecule has 0 N–H and O–H groups in total. The summed E-state index contributed by atoms with van der Waals surface area (Å²) in [7, 11) is 0. The van der Waals surface area contributed by atoms with Crippen LogP contribution < -0.4 is 0 Å². The molecular weight excluding hydrogens is 316 g/mol. The third-order valence-corrected chi connectivity index (χ3v) is 5.01. The fraction of sp³-hybridized carbons (Fsp3) is 0.632. The van der Waals surface area contributed by atoms with Gasteiger partial charge in [-0.05, 0) is 52.5 Å². The van der Waals surface area contributed by atoms with E-state index in [1.54, 1.807) is 0 Å². The number of nitrogens with zero attached hydrogens (tertiary/aromatic N) is 4. The van der Waals surface area contributed by atoms with Crippen molar-refractivity contribution in [1.82, 2.24) is 19.5 Å². The minimum atomic E-state index is 0.191. The molecule has 0 unspecified atom stereocenters. The van der Waals surface area contributed by atoms with Gasteiger partial charge in [0.15, 0.2) is 5.65 Å². The molecule has 136 valence electrons. The van der Waals surface area contributed by atoms with Crippen LogP contribution in [-0.4, -0.2) is 51.2 Å². The SMILES string of the molecule is CCO[C@H]1CCCN(C(=O)CCc2c(C)nc3cc(C)nn3c2C)C1. The Kier molecular flexibility index (Phi) is 5.37. The van der Waals surface area contributed by atoms with E-state index in [0.717, 1.165) is 54.2 Å². The molecule has 2 aromatic heterocycles.